The van der Waals surface area contributed by atoms with E-state index in [4.69, 9.17) is 9.47 Å². The molecule has 0 bridgehead atoms. The Morgan fingerprint density at radius 2 is 2.00 bits per heavy atom. The van der Waals surface area contributed by atoms with Crippen molar-refractivity contribution >= 4 is 40.7 Å². The largest absolute Gasteiger partial charge is 0.492 e. The number of carbonyl (C=O) groups excluding carboxylic acids is 3. The van der Waals surface area contributed by atoms with Crippen LogP contribution in [0, 0.1) is 0 Å². The van der Waals surface area contributed by atoms with Crippen molar-refractivity contribution in [3.05, 3.63) is 48.0 Å². The predicted molar refractivity (Wildman–Crippen MR) is 122 cm³/mol. The Morgan fingerprint density at radius 1 is 1.26 bits per heavy atom. The second-order valence-corrected chi connectivity index (χ2v) is 8.46. The van der Waals surface area contributed by atoms with Crippen LogP contribution in [0.2, 0.25) is 0 Å². The van der Waals surface area contributed by atoms with Gasteiger partial charge in [-0.2, -0.15) is 0 Å². The average molecular weight is 443 g/mol. The van der Waals surface area contributed by atoms with E-state index in [1.807, 2.05) is 19.1 Å². The number of nitrogens with zero attached hydrogens (tertiary/aromatic N) is 1. The predicted octanol–water partition coefficient (Wildman–Crippen LogP) is 3.77. The highest BCUT2D eigenvalue weighted by atomic mass is 32.2. The Morgan fingerprint density at radius 3 is 2.74 bits per heavy atom. The molecule has 0 spiro atoms. The molecule has 0 radical (unpaired) electrons. The summed E-state index contributed by atoms with van der Waals surface area (Å²) in [4.78, 5) is 38.9. The number of ketones is 1. The van der Waals surface area contributed by atoms with Crippen LogP contribution in [0.25, 0.3) is 0 Å². The molecule has 2 unspecified atom stereocenters. The first-order valence-electron chi connectivity index (χ1n) is 10.1. The third-order valence-electron chi connectivity index (χ3n) is 4.88. The van der Waals surface area contributed by atoms with E-state index in [-0.39, 0.29) is 23.4 Å². The number of para-hydroxylation sites is 2. The maximum Gasteiger partial charge on any atom is 0.267 e. The number of anilines is 2. The molecule has 1 N–H and O–H groups in total. The first-order chi connectivity index (χ1) is 14.8. The molecule has 2 aromatic carbocycles. The Labute approximate surface area is 186 Å². The van der Waals surface area contributed by atoms with Gasteiger partial charge in [0.05, 0.1) is 29.0 Å². The van der Waals surface area contributed by atoms with Gasteiger partial charge in [0.1, 0.15) is 11.5 Å². The van der Waals surface area contributed by atoms with Gasteiger partial charge < -0.3 is 19.7 Å². The van der Waals surface area contributed by atoms with Gasteiger partial charge in [-0.1, -0.05) is 12.1 Å². The Hall–Kier alpha value is -3.00. The van der Waals surface area contributed by atoms with Crippen molar-refractivity contribution in [3.8, 4) is 11.5 Å². The minimum atomic E-state index is -0.556. The van der Waals surface area contributed by atoms with Gasteiger partial charge in [0.15, 0.2) is 11.9 Å². The van der Waals surface area contributed by atoms with Crippen molar-refractivity contribution in [2.45, 2.75) is 32.1 Å². The van der Waals surface area contributed by atoms with E-state index in [1.54, 1.807) is 51.2 Å². The third-order valence-corrected chi connectivity index (χ3v) is 6.02. The van der Waals surface area contributed by atoms with Crippen molar-refractivity contribution in [3.63, 3.8) is 0 Å². The van der Waals surface area contributed by atoms with Crippen molar-refractivity contribution in [2.75, 3.05) is 29.6 Å². The van der Waals surface area contributed by atoms with Crippen LogP contribution in [0.3, 0.4) is 0 Å². The number of hydrogen-bond donors (Lipinski definition) is 1. The summed E-state index contributed by atoms with van der Waals surface area (Å²) in [5, 5.41) is 2.39. The fourth-order valence-corrected chi connectivity index (χ4v) is 3.97. The molecule has 0 saturated heterocycles. The lowest BCUT2D eigenvalue weighted by atomic mass is 10.1. The second-order valence-electron chi connectivity index (χ2n) is 7.13. The maximum absolute atomic E-state index is 12.9. The number of carbonyl (C=O) groups is 3. The van der Waals surface area contributed by atoms with E-state index < -0.39 is 11.4 Å². The summed E-state index contributed by atoms with van der Waals surface area (Å²) in [5.74, 6) is 0.806. The van der Waals surface area contributed by atoms with E-state index in [2.05, 4.69) is 5.32 Å². The fraction of sp³-hybridized carbons (Fsp3) is 0.348. The van der Waals surface area contributed by atoms with E-state index in [1.165, 1.54) is 16.7 Å². The summed E-state index contributed by atoms with van der Waals surface area (Å²) >= 11 is 1.25. The molecule has 1 aliphatic heterocycles. The summed E-state index contributed by atoms with van der Waals surface area (Å²) in [5.41, 5.74) is 1.64. The lowest BCUT2D eigenvalue weighted by molar-refractivity contribution is -0.125. The molecule has 2 aromatic rings. The number of fused-ring (bicyclic) bond motifs is 1. The number of likely N-dealkylation sites (N-methyl/N-ethyl adjacent to an activating group) is 1. The van der Waals surface area contributed by atoms with Crippen LogP contribution in [-0.2, 0) is 9.59 Å². The number of ether oxygens (including phenoxy) is 2. The zero-order valence-corrected chi connectivity index (χ0v) is 18.8. The van der Waals surface area contributed by atoms with Gasteiger partial charge in [0.2, 0.25) is 5.91 Å². The zero-order valence-electron chi connectivity index (χ0n) is 18.0. The van der Waals surface area contributed by atoms with Crippen LogP contribution in [0.4, 0.5) is 11.4 Å². The summed E-state index contributed by atoms with van der Waals surface area (Å²) < 4.78 is 11.1. The average Bonchev–Trinajstić information content (AvgIpc) is 2.77. The molecule has 0 fully saturated rings. The number of Topliss-reactive ketones (excluding diaryl/α,β-unsaturated/α-hetero) is 1. The zero-order chi connectivity index (χ0) is 22.5. The number of benzene rings is 2. The van der Waals surface area contributed by atoms with E-state index in [0.29, 0.717) is 35.0 Å². The van der Waals surface area contributed by atoms with Crippen molar-refractivity contribution in [2.24, 2.45) is 0 Å². The summed E-state index contributed by atoms with van der Waals surface area (Å²) in [7, 11) is 1.66. The summed E-state index contributed by atoms with van der Waals surface area (Å²) in [6.45, 7) is 5.83. The first-order valence-corrected chi connectivity index (χ1v) is 11.1. The normalized spacial score (nSPS) is 16.2. The van der Waals surface area contributed by atoms with E-state index >= 15 is 0 Å². The summed E-state index contributed by atoms with van der Waals surface area (Å²) in [6.07, 6.45) is -0.556. The van der Waals surface area contributed by atoms with Crippen LogP contribution in [0.1, 0.15) is 31.1 Å². The first kappa shape index (κ1) is 22.7. The Bertz CT molecular complexity index is 994. The van der Waals surface area contributed by atoms with Crippen LogP contribution < -0.4 is 19.7 Å². The third kappa shape index (κ3) is 5.19. The smallest absolute Gasteiger partial charge is 0.267 e. The van der Waals surface area contributed by atoms with Crippen molar-refractivity contribution in [1.29, 1.82) is 0 Å². The molecule has 2 atom stereocenters. The molecule has 164 valence electrons. The van der Waals surface area contributed by atoms with Gasteiger partial charge in [0.25, 0.3) is 5.91 Å². The number of amides is 2. The van der Waals surface area contributed by atoms with Crippen LogP contribution in [-0.4, -0.2) is 48.4 Å². The van der Waals surface area contributed by atoms with Gasteiger partial charge in [-0.25, -0.2) is 0 Å². The topological polar surface area (TPSA) is 84.9 Å². The minimum Gasteiger partial charge on any atom is -0.492 e. The summed E-state index contributed by atoms with van der Waals surface area (Å²) in [6, 6.07) is 12.3. The molecule has 2 amide bonds. The monoisotopic (exact) mass is 442 g/mol. The number of nitrogens with one attached hydrogen (secondary N) is 1. The van der Waals surface area contributed by atoms with Gasteiger partial charge in [-0.05, 0) is 51.1 Å². The van der Waals surface area contributed by atoms with Crippen LogP contribution in [0.15, 0.2) is 42.5 Å². The SMILES string of the molecule is CCOc1ccccc1NC(=O)CSC(C)C(=O)c1ccc2c(c1)N(C)C(=O)C(C)O2. The van der Waals surface area contributed by atoms with Crippen molar-refractivity contribution < 1.29 is 23.9 Å². The molecule has 8 heteroatoms. The number of hydrogen-bond acceptors (Lipinski definition) is 6. The highest BCUT2D eigenvalue weighted by Crippen LogP contribution is 2.34. The quantitative estimate of drug-likeness (QED) is 0.627. The second kappa shape index (κ2) is 9.87. The molecule has 7 nitrogen and oxygen atoms in total. The fourth-order valence-electron chi connectivity index (χ4n) is 3.21. The number of rotatable bonds is 8. The highest BCUT2D eigenvalue weighted by Gasteiger charge is 2.30. The van der Waals surface area contributed by atoms with E-state index in [0.717, 1.165) is 0 Å². The maximum atomic E-state index is 12.9. The van der Waals surface area contributed by atoms with Crippen LogP contribution in [0.5, 0.6) is 11.5 Å². The Balaban J connectivity index is 1.61. The molecule has 1 aliphatic rings. The molecule has 0 aromatic heterocycles. The molecule has 0 saturated carbocycles. The number of thioether (sulfide) groups is 1. The van der Waals surface area contributed by atoms with Gasteiger partial charge in [0, 0.05) is 12.6 Å². The molecular weight excluding hydrogens is 416 g/mol. The molecule has 31 heavy (non-hydrogen) atoms. The molecule has 0 aliphatic carbocycles. The Kier molecular flexibility index (Phi) is 7.22. The standard InChI is InChI=1S/C23H26N2O5S/c1-5-29-19-9-7-6-8-17(19)24-21(26)13-31-15(3)22(27)16-10-11-20-18(12-16)25(4)23(28)14(2)30-20/h6-12,14-15H,5,13H2,1-4H3,(H,24,26). The van der Waals surface area contributed by atoms with Crippen LogP contribution >= 0.6 is 11.8 Å². The van der Waals surface area contributed by atoms with E-state index in [9.17, 15) is 14.4 Å². The lowest BCUT2D eigenvalue weighted by Crippen LogP contribution is -2.42. The van der Waals surface area contributed by atoms with Gasteiger partial charge in [-0.3, -0.25) is 14.4 Å². The van der Waals surface area contributed by atoms with Gasteiger partial charge >= 0.3 is 0 Å². The lowest BCUT2D eigenvalue weighted by Gasteiger charge is -2.30. The minimum absolute atomic E-state index is 0.116. The molecule has 3 rings (SSSR count). The molecular formula is C23H26N2O5S. The van der Waals surface area contributed by atoms with Crippen molar-refractivity contribution in [1.82, 2.24) is 0 Å². The molecule has 1 heterocycles. The highest BCUT2D eigenvalue weighted by molar-refractivity contribution is 8.01. The van der Waals surface area contributed by atoms with Gasteiger partial charge in [-0.15, -0.1) is 11.8 Å².